The monoisotopic (exact) mass is 352 g/mol. The Bertz CT molecular complexity index is 873. The Kier molecular flexibility index (Phi) is 5.34. The molecule has 1 heterocycles. The van der Waals surface area contributed by atoms with E-state index >= 15 is 0 Å². The number of hydrogen-bond donors (Lipinski definition) is 2. The maximum Gasteiger partial charge on any atom is 0.341 e. The number of nitrogens with one attached hydrogen (secondary N) is 1. The minimum Gasteiger partial charge on any atom is -0.497 e. The lowest BCUT2D eigenvalue weighted by Crippen LogP contribution is -2.19. The zero-order valence-electron chi connectivity index (χ0n) is 14.6. The first-order valence-corrected chi connectivity index (χ1v) is 8.24. The molecule has 134 valence electrons. The second kappa shape index (κ2) is 7.84. The van der Waals surface area contributed by atoms with Crippen molar-refractivity contribution in [1.29, 1.82) is 0 Å². The molecule has 0 radical (unpaired) electrons. The Morgan fingerprint density at radius 3 is 2.50 bits per heavy atom. The highest BCUT2D eigenvalue weighted by molar-refractivity contribution is 5.95. The minimum atomic E-state index is -1.06. The molecular weight excluding hydrogens is 332 g/mol. The topological polar surface area (TPSA) is 84.6 Å². The molecule has 0 amide bonds. The summed E-state index contributed by atoms with van der Waals surface area (Å²) < 4.78 is 10.5. The third kappa shape index (κ3) is 3.75. The van der Waals surface area contributed by atoms with Crippen LogP contribution in [0.4, 0.5) is 0 Å². The third-order valence-electron chi connectivity index (χ3n) is 4.14. The summed E-state index contributed by atoms with van der Waals surface area (Å²) in [6, 6.07) is 16.5. The first-order valence-electron chi connectivity index (χ1n) is 8.24. The predicted octanol–water partition coefficient (Wildman–Crippen LogP) is 3.90. The van der Waals surface area contributed by atoms with Crippen LogP contribution in [0.15, 0.2) is 59.1 Å². The number of nitrogens with zero attached hydrogens (tertiary/aromatic N) is 1. The quantitative estimate of drug-likeness (QED) is 0.671. The van der Waals surface area contributed by atoms with Crippen molar-refractivity contribution in [2.45, 2.75) is 19.5 Å². The number of carboxylic acid groups (broad SMARTS) is 1. The first-order chi connectivity index (χ1) is 12.6. The summed E-state index contributed by atoms with van der Waals surface area (Å²) in [5.41, 5.74) is 2.19. The molecule has 0 fully saturated rings. The maximum absolute atomic E-state index is 11.8. The van der Waals surface area contributed by atoms with E-state index in [0.29, 0.717) is 23.6 Å². The number of carbonyl (C=O) groups is 1. The average Bonchev–Trinajstić information content (AvgIpc) is 3.13. The van der Waals surface area contributed by atoms with Crippen molar-refractivity contribution in [1.82, 2.24) is 10.5 Å². The molecule has 0 aliphatic rings. The molecule has 0 aliphatic carbocycles. The number of methoxy groups -OCH3 is 1. The second-order valence-corrected chi connectivity index (χ2v) is 5.89. The van der Waals surface area contributed by atoms with Gasteiger partial charge in [0, 0.05) is 12.1 Å². The van der Waals surface area contributed by atoms with Gasteiger partial charge in [0.05, 0.1) is 13.2 Å². The van der Waals surface area contributed by atoms with E-state index in [0.717, 1.165) is 11.3 Å². The largest absolute Gasteiger partial charge is 0.497 e. The lowest BCUT2D eigenvalue weighted by Gasteiger charge is -2.12. The Hall–Kier alpha value is -3.12. The summed E-state index contributed by atoms with van der Waals surface area (Å²) in [6.07, 6.45) is 0. The zero-order chi connectivity index (χ0) is 18.5. The molecule has 0 bridgehead atoms. The smallest absolute Gasteiger partial charge is 0.341 e. The van der Waals surface area contributed by atoms with Gasteiger partial charge in [0.15, 0.2) is 5.76 Å². The van der Waals surface area contributed by atoms with Gasteiger partial charge in [-0.1, -0.05) is 47.6 Å². The molecular formula is C20H20N2O4. The normalized spacial score (nSPS) is 11.9. The Balaban J connectivity index is 1.79. The van der Waals surface area contributed by atoms with Crippen LogP contribution in [-0.4, -0.2) is 23.3 Å². The number of benzene rings is 2. The summed E-state index contributed by atoms with van der Waals surface area (Å²) in [7, 11) is 1.62. The van der Waals surface area contributed by atoms with Gasteiger partial charge in [0.1, 0.15) is 17.0 Å². The number of rotatable bonds is 7. The van der Waals surface area contributed by atoms with Crippen molar-refractivity contribution in [3.8, 4) is 17.0 Å². The van der Waals surface area contributed by atoms with Gasteiger partial charge in [-0.15, -0.1) is 0 Å². The molecule has 3 aromatic rings. The van der Waals surface area contributed by atoms with Gasteiger partial charge in [0.25, 0.3) is 0 Å². The van der Waals surface area contributed by atoms with Crippen LogP contribution in [0.5, 0.6) is 5.75 Å². The summed E-state index contributed by atoms with van der Waals surface area (Å²) in [6.45, 7) is 2.41. The molecule has 0 aliphatic heterocycles. The van der Waals surface area contributed by atoms with Gasteiger partial charge < -0.3 is 19.7 Å². The molecule has 0 spiro atoms. The SMILES string of the molecule is COc1ccc(CNC(C)c2onc(-c3ccccc3)c2C(=O)O)cc1. The van der Waals surface area contributed by atoms with Crippen molar-refractivity contribution < 1.29 is 19.2 Å². The molecule has 0 saturated carbocycles. The van der Waals surface area contributed by atoms with Crippen molar-refractivity contribution in [2.75, 3.05) is 7.11 Å². The number of aromatic nitrogens is 1. The molecule has 6 nitrogen and oxygen atoms in total. The molecule has 1 unspecified atom stereocenters. The number of aromatic carboxylic acids is 1. The lowest BCUT2D eigenvalue weighted by atomic mass is 10.0. The molecule has 6 heteroatoms. The van der Waals surface area contributed by atoms with Crippen LogP contribution in [0.25, 0.3) is 11.3 Å². The maximum atomic E-state index is 11.8. The minimum absolute atomic E-state index is 0.0888. The van der Waals surface area contributed by atoms with Crippen LogP contribution >= 0.6 is 0 Å². The predicted molar refractivity (Wildman–Crippen MR) is 97.1 cm³/mol. The fourth-order valence-corrected chi connectivity index (χ4v) is 2.71. The van der Waals surface area contributed by atoms with E-state index in [1.165, 1.54) is 0 Å². The summed E-state index contributed by atoms with van der Waals surface area (Å²) >= 11 is 0. The van der Waals surface area contributed by atoms with Crippen LogP contribution < -0.4 is 10.1 Å². The molecule has 1 aromatic heterocycles. The molecule has 3 rings (SSSR count). The summed E-state index contributed by atoms with van der Waals surface area (Å²) in [5.74, 6) is 0.0424. The van der Waals surface area contributed by atoms with Crippen LogP contribution in [0.3, 0.4) is 0 Å². The standard InChI is InChI=1S/C20H20N2O4/c1-13(21-12-14-8-10-16(25-2)11-9-14)19-17(20(23)24)18(22-26-19)15-6-4-3-5-7-15/h3-11,13,21H,12H2,1-2H3,(H,23,24). The van der Waals surface area contributed by atoms with Crippen LogP contribution in [0.1, 0.15) is 34.6 Å². The highest BCUT2D eigenvalue weighted by Gasteiger charge is 2.26. The molecule has 1 atom stereocenters. The lowest BCUT2D eigenvalue weighted by molar-refractivity contribution is 0.0694. The highest BCUT2D eigenvalue weighted by atomic mass is 16.5. The van der Waals surface area contributed by atoms with E-state index < -0.39 is 5.97 Å². The zero-order valence-corrected chi connectivity index (χ0v) is 14.6. The van der Waals surface area contributed by atoms with E-state index in [2.05, 4.69) is 10.5 Å². The fourth-order valence-electron chi connectivity index (χ4n) is 2.71. The fraction of sp³-hybridized carbons (Fsp3) is 0.200. The summed E-state index contributed by atoms with van der Waals surface area (Å²) in [4.78, 5) is 11.8. The van der Waals surface area contributed by atoms with Gasteiger partial charge in [-0.25, -0.2) is 4.79 Å². The molecule has 2 aromatic carbocycles. The molecule has 26 heavy (non-hydrogen) atoms. The number of hydrogen-bond acceptors (Lipinski definition) is 5. The van der Waals surface area contributed by atoms with Gasteiger partial charge >= 0.3 is 5.97 Å². The number of carboxylic acids is 1. The van der Waals surface area contributed by atoms with Crippen LogP contribution in [0.2, 0.25) is 0 Å². The van der Waals surface area contributed by atoms with Crippen LogP contribution in [0, 0.1) is 0 Å². The highest BCUT2D eigenvalue weighted by Crippen LogP contribution is 2.29. The molecule has 0 saturated heterocycles. The van der Waals surface area contributed by atoms with E-state index in [9.17, 15) is 9.90 Å². The van der Waals surface area contributed by atoms with Gasteiger partial charge in [0.2, 0.25) is 0 Å². The van der Waals surface area contributed by atoms with Crippen molar-refractivity contribution >= 4 is 5.97 Å². The summed E-state index contributed by atoms with van der Waals surface area (Å²) in [5, 5.41) is 16.9. The van der Waals surface area contributed by atoms with E-state index in [4.69, 9.17) is 9.26 Å². The van der Waals surface area contributed by atoms with Gasteiger partial charge in [-0.2, -0.15) is 0 Å². The second-order valence-electron chi connectivity index (χ2n) is 5.89. The van der Waals surface area contributed by atoms with Crippen molar-refractivity contribution in [3.63, 3.8) is 0 Å². The third-order valence-corrected chi connectivity index (χ3v) is 4.14. The first kappa shape index (κ1) is 17.7. The van der Waals surface area contributed by atoms with E-state index in [1.807, 2.05) is 61.5 Å². The van der Waals surface area contributed by atoms with Crippen molar-refractivity contribution in [2.24, 2.45) is 0 Å². The molecule has 2 N–H and O–H groups in total. The van der Waals surface area contributed by atoms with E-state index in [-0.39, 0.29) is 11.6 Å². The Morgan fingerprint density at radius 1 is 1.19 bits per heavy atom. The van der Waals surface area contributed by atoms with E-state index in [1.54, 1.807) is 7.11 Å². The van der Waals surface area contributed by atoms with Gasteiger partial charge in [-0.3, -0.25) is 0 Å². The van der Waals surface area contributed by atoms with Crippen LogP contribution in [-0.2, 0) is 6.54 Å². The number of ether oxygens (including phenoxy) is 1. The Labute approximate surface area is 151 Å². The Morgan fingerprint density at radius 2 is 1.88 bits per heavy atom. The van der Waals surface area contributed by atoms with Crippen molar-refractivity contribution in [3.05, 3.63) is 71.5 Å². The average molecular weight is 352 g/mol. The van der Waals surface area contributed by atoms with Gasteiger partial charge in [-0.05, 0) is 24.6 Å².